The lowest BCUT2D eigenvalue weighted by Gasteiger charge is -2.32. The molecule has 1 fully saturated rings. The molecule has 3 heterocycles. The van der Waals surface area contributed by atoms with Gasteiger partial charge in [0, 0.05) is 55.7 Å². The first-order valence-electron chi connectivity index (χ1n) is 11.4. The maximum absolute atomic E-state index is 13.4. The van der Waals surface area contributed by atoms with Crippen LogP contribution in [0.1, 0.15) is 28.9 Å². The number of aryl methyl sites for hydroxylation is 1. The first kappa shape index (κ1) is 21.3. The molecule has 2 aromatic carbocycles. The van der Waals surface area contributed by atoms with Crippen molar-refractivity contribution in [2.24, 2.45) is 7.05 Å². The summed E-state index contributed by atoms with van der Waals surface area (Å²) in [6, 6.07) is 20.7. The molecule has 0 atom stereocenters. The molecular weight excluding hydrogens is 415 g/mol. The number of piperidine rings is 1. The monoisotopic (exact) mass is 442 g/mol. The minimum atomic E-state index is -0.303. The summed E-state index contributed by atoms with van der Waals surface area (Å²) in [5, 5.41) is 4.42. The maximum Gasteiger partial charge on any atom is 0.253 e. The Kier molecular flexibility index (Phi) is 5.92. The van der Waals surface area contributed by atoms with Crippen LogP contribution >= 0.6 is 0 Å². The predicted octanol–water partition coefficient (Wildman–Crippen LogP) is 4.77. The lowest BCUT2D eigenvalue weighted by molar-refractivity contribution is 0.0908. The Morgan fingerprint density at radius 3 is 2.61 bits per heavy atom. The number of hydrogen-bond donors (Lipinski definition) is 1. The lowest BCUT2D eigenvalue weighted by atomic mass is 10.0. The molecule has 1 aliphatic rings. The van der Waals surface area contributed by atoms with Gasteiger partial charge in [-0.3, -0.25) is 14.7 Å². The highest BCUT2D eigenvalue weighted by molar-refractivity contribution is 5.94. The van der Waals surface area contributed by atoms with E-state index >= 15 is 0 Å². The molecule has 33 heavy (non-hydrogen) atoms. The minimum Gasteiger partial charge on any atom is -0.349 e. The summed E-state index contributed by atoms with van der Waals surface area (Å²) < 4.78 is 15.7. The molecule has 2 aromatic heterocycles. The van der Waals surface area contributed by atoms with Crippen LogP contribution in [-0.4, -0.2) is 39.5 Å². The summed E-state index contributed by atoms with van der Waals surface area (Å²) >= 11 is 0. The number of benzene rings is 2. The fourth-order valence-electron chi connectivity index (χ4n) is 4.58. The van der Waals surface area contributed by atoms with E-state index in [0.717, 1.165) is 32.5 Å². The van der Waals surface area contributed by atoms with Gasteiger partial charge in [-0.15, -0.1) is 0 Å². The van der Waals surface area contributed by atoms with Gasteiger partial charge in [0.1, 0.15) is 5.82 Å². The van der Waals surface area contributed by atoms with E-state index < -0.39 is 0 Å². The van der Waals surface area contributed by atoms with Crippen molar-refractivity contribution in [2.45, 2.75) is 25.4 Å². The normalized spacial score (nSPS) is 15.1. The van der Waals surface area contributed by atoms with Crippen molar-refractivity contribution in [3.8, 4) is 11.3 Å². The molecule has 0 bridgehead atoms. The minimum absolute atomic E-state index is 0.111. The molecule has 4 aromatic rings. The average Bonchev–Trinajstić information content (AvgIpc) is 3.15. The highest BCUT2D eigenvalue weighted by Gasteiger charge is 2.22. The van der Waals surface area contributed by atoms with Crippen molar-refractivity contribution < 1.29 is 9.18 Å². The lowest BCUT2D eigenvalue weighted by Crippen LogP contribution is -2.44. The van der Waals surface area contributed by atoms with Gasteiger partial charge >= 0.3 is 0 Å². The van der Waals surface area contributed by atoms with Crippen LogP contribution in [0, 0.1) is 5.82 Å². The number of carbonyl (C=O) groups excluding carboxylic acids is 1. The Bertz CT molecular complexity index is 1270. The summed E-state index contributed by atoms with van der Waals surface area (Å²) in [4.78, 5) is 19.5. The standard InChI is InChI=1S/C27H27FN4O/c1-31-24(16-20-5-2-3-8-26(20)31)18-32-13-11-23(12-14-32)30-27(33)21-9-10-25(29-17-21)19-6-4-7-22(28)15-19/h2-10,15-17,23H,11-14,18H2,1H3,(H,30,33). The number of hydrogen-bond acceptors (Lipinski definition) is 3. The molecule has 1 saturated heterocycles. The van der Waals surface area contributed by atoms with E-state index in [-0.39, 0.29) is 17.8 Å². The molecule has 0 spiro atoms. The van der Waals surface area contributed by atoms with Crippen molar-refractivity contribution in [2.75, 3.05) is 13.1 Å². The van der Waals surface area contributed by atoms with E-state index in [2.05, 4.69) is 57.1 Å². The number of para-hydroxylation sites is 1. The molecule has 168 valence electrons. The van der Waals surface area contributed by atoms with Gasteiger partial charge in [-0.2, -0.15) is 0 Å². The third-order valence-corrected chi connectivity index (χ3v) is 6.51. The number of nitrogens with one attached hydrogen (secondary N) is 1. The second-order valence-electron chi connectivity index (χ2n) is 8.72. The van der Waals surface area contributed by atoms with Gasteiger partial charge in [0.05, 0.1) is 11.3 Å². The Balaban J connectivity index is 1.15. The number of fused-ring (bicyclic) bond motifs is 1. The van der Waals surface area contributed by atoms with Crippen LogP contribution in [0.25, 0.3) is 22.2 Å². The van der Waals surface area contributed by atoms with Crippen molar-refractivity contribution in [1.82, 2.24) is 19.8 Å². The highest BCUT2D eigenvalue weighted by Crippen LogP contribution is 2.22. The highest BCUT2D eigenvalue weighted by atomic mass is 19.1. The van der Waals surface area contributed by atoms with E-state index in [1.54, 1.807) is 30.5 Å². The zero-order valence-corrected chi connectivity index (χ0v) is 18.7. The number of nitrogens with zero attached hydrogens (tertiary/aromatic N) is 3. The molecule has 6 heteroatoms. The summed E-state index contributed by atoms with van der Waals surface area (Å²) in [6.07, 6.45) is 3.40. The molecule has 0 aliphatic carbocycles. The molecule has 5 rings (SSSR count). The first-order valence-corrected chi connectivity index (χ1v) is 11.4. The molecular formula is C27H27FN4O. The Labute approximate surface area is 192 Å². The fraction of sp³-hybridized carbons (Fsp3) is 0.259. The molecule has 1 aliphatic heterocycles. The third-order valence-electron chi connectivity index (χ3n) is 6.51. The number of likely N-dealkylation sites (tertiary alicyclic amines) is 1. The molecule has 0 unspecified atom stereocenters. The van der Waals surface area contributed by atoms with Crippen LogP contribution in [0.15, 0.2) is 72.9 Å². The Morgan fingerprint density at radius 2 is 1.88 bits per heavy atom. The van der Waals surface area contributed by atoms with Crippen LogP contribution in [0.4, 0.5) is 4.39 Å². The Morgan fingerprint density at radius 1 is 1.06 bits per heavy atom. The van der Waals surface area contributed by atoms with Gasteiger partial charge < -0.3 is 9.88 Å². The van der Waals surface area contributed by atoms with Crippen molar-refractivity contribution in [3.63, 3.8) is 0 Å². The van der Waals surface area contributed by atoms with Gasteiger partial charge in [-0.1, -0.05) is 30.3 Å². The largest absolute Gasteiger partial charge is 0.349 e. The third kappa shape index (κ3) is 4.66. The van der Waals surface area contributed by atoms with Crippen LogP contribution in [0.3, 0.4) is 0 Å². The second-order valence-corrected chi connectivity index (χ2v) is 8.72. The van der Waals surface area contributed by atoms with Crippen molar-refractivity contribution in [3.05, 3.63) is 90.0 Å². The predicted molar refractivity (Wildman–Crippen MR) is 128 cm³/mol. The van der Waals surface area contributed by atoms with Crippen molar-refractivity contribution in [1.29, 1.82) is 0 Å². The van der Waals surface area contributed by atoms with E-state index in [0.29, 0.717) is 16.8 Å². The van der Waals surface area contributed by atoms with Gasteiger partial charge in [-0.05, 0) is 54.6 Å². The molecule has 5 nitrogen and oxygen atoms in total. The van der Waals surface area contributed by atoms with Gasteiger partial charge in [0.2, 0.25) is 0 Å². The second kappa shape index (κ2) is 9.16. The number of pyridine rings is 1. The SMILES string of the molecule is Cn1c(CN2CCC(NC(=O)c3ccc(-c4cccc(F)c4)nc3)CC2)cc2ccccc21. The van der Waals surface area contributed by atoms with Gasteiger partial charge in [0.25, 0.3) is 5.91 Å². The summed E-state index contributed by atoms with van der Waals surface area (Å²) in [5.41, 5.74) is 4.43. The van der Waals surface area contributed by atoms with E-state index in [1.807, 2.05) is 0 Å². The van der Waals surface area contributed by atoms with Gasteiger partial charge in [0.15, 0.2) is 0 Å². The van der Waals surface area contributed by atoms with Crippen LogP contribution in [0.2, 0.25) is 0 Å². The molecule has 0 radical (unpaired) electrons. The van der Waals surface area contributed by atoms with E-state index in [4.69, 9.17) is 0 Å². The van der Waals surface area contributed by atoms with E-state index in [1.165, 1.54) is 28.7 Å². The summed E-state index contributed by atoms with van der Waals surface area (Å²) in [7, 11) is 2.12. The van der Waals surface area contributed by atoms with Crippen LogP contribution in [-0.2, 0) is 13.6 Å². The summed E-state index contributed by atoms with van der Waals surface area (Å²) in [6.45, 7) is 2.81. The number of rotatable bonds is 5. The topological polar surface area (TPSA) is 50.2 Å². The smallest absolute Gasteiger partial charge is 0.253 e. The molecule has 0 saturated carbocycles. The zero-order valence-electron chi connectivity index (χ0n) is 18.7. The summed E-state index contributed by atoms with van der Waals surface area (Å²) in [5.74, 6) is -0.414. The number of halogens is 1. The van der Waals surface area contributed by atoms with Crippen molar-refractivity contribution >= 4 is 16.8 Å². The average molecular weight is 443 g/mol. The zero-order chi connectivity index (χ0) is 22.8. The number of aromatic nitrogens is 2. The number of carbonyl (C=O) groups is 1. The van der Waals surface area contributed by atoms with Crippen LogP contribution < -0.4 is 5.32 Å². The first-order chi connectivity index (χ1) is 16.1. The van der Waals surface area contributed by atoms with Gasteiger partial charge in [-0.25, -0.2) is 4.39 Å². The molecule has 1 amide bonds. The number of amides is 1. The fourth-order valence-corrected chi connectivity index (χ4v) is 4.58. The van der Waals surface area contributed by atoms with Crippen LogP contribution in [0.5, 0.6) is 0 Å². The maximum atomic E-state index is 13.4. The molecule has 1 N–H and O–H groups in total. The van der Waals surface area contributed by atoms with E-state index in [9.17, 15) is 9.18 Å². The Hall–Kier alpha value is -3.51. The quantitative estimate of drug-likeness (QED) is 0.484.